The minimum Gasteiger partial charge on any atom is -0.344 e. The number of likely N-dealkylation sites (N-methyl/N-ethyl adjacent to an activating group) is 1. The van der Waals surface area contributed by atoms with Gasteiger partial charge in [0.2, 0.25) is 0 Å². The van der Waals surface area contributed by atoms with Crippen molar-refractivity contribution in [2.24, 2.45) is 10.9 Å². The average Bonchev–Trinajstić information content (AvgIpc) is 2.53. The molecule has 0 saturated carbocycles. The minimum absolute atomic E-state index is 0.607. The molecule has 3 heteroatoms. The van der Waals surface area contributed by atoms with Crippen LogP contribution in [0.1, 0.15) is 27.7 Å². The van der Waals surface area contributed by atoms with Crippen molar-refractivity contribution in [3.63, 3.8) is 0 Å². The molecule has 0 bridgehead atoms. The first kappa shape index (κ1) is 11.4. The first-order chi connectivity index (χ1) is 7.49. The van der Waals surface area contributed by atoms with Crippen LogP contribution < -0.4 is 5.32 Å². The zero-order valence-corrected chi connectivity index (χ0v) is 10.9. The molecule has 0 aliphatic carbocycles. The predicted molar refractivity (Wildman–Crippen MR) is 68.3 cm³/mol. The normalized spacial score (nSPS) is 31.8. The van der Waals surface area contributed by atoms with Crippen molar-refractivity contribution in [3.05, 3.63) is 22.7 Å². The SMILES string of the molecule is CC1=N/C(=C2\CN(C)CC2C)NC(C)=C1C. The van der Waals surface area contributed by atoms with Gasteiger partial charge in [0.05, 0.1) is 0 Å². The van der Waals surface area contributed by atoms with Gasteiger partial charge in [0, 0.05) is 24.5 Å². The smallest absolute Gasteiger partial charge is 0.131 e. The van der Waals surface area contributed by atoms with Crippen molar-refractivity contribution in [1.29, 1.82) is 0 Å². The van der Waals surface area contributed by atoms with Crippen molar-refractivity contribution in [1.82, 2.24) is 10.2 Å². The van der Waals surface area contributed by atoms with E-state index >= 15 is 0 Å². The summed E-state index contributed by atoms with van der Waals surface area (Å²) in [7, 11) is 2.16. The Hall–Kier alpha value is -1.09. The number of likely N-dealkylation sites (tertiary alicyclic amines) is 1. The lowest BCUT2D eigenvalue weighted by atomic mass is 10.0. The number of aliphatic imine (C=N–C) groups is 1. The van der Waals surface area contributed by atoms with Gasteiger partial charge in [-0.25, -0.2) is 4.99 Å². The number of rotatable bonds is 0. The summed E-state index contributed by atoms with van der Waals surface area (Å²) in [6, 6.07) is 0. The molecule has 1 N–H and O–H groups in total. The van der Waals surface area contributed by atoms with Crippen molar-refractivity contribution in [2.75, 3.05) is 20.1 Å². The van der Waals surface area contributed by atoms with Crippen LogP contribution in [0.5, 0.6) is 0 Å². The van der Waals surface area contributed by atoms with Gasteiger partial charge in [-0.05, 0) is 44.9 Å². The Morgan fingerprint density at radius 3 is 2.50 bits per heavy atom. The molecule has 0 aromatic rings. The van der Waals surface area contributed by atoms with Gasteiger partial charge in [-0.3, -0.25) is 0 Å². The lowest BCUT2D eigenvalue weighted by Crippen LogP contribution is -2.22. The van der Waals surface area contributed by atoms with Gasteiger partial charge in [-0.2, -0.15) is 0 Å². The second kappa shape index (κ2) is 4.06. The Morgan fingerprint density at radius 1 is 1.31 bits per heavy atom. The van der Waals surface area contributed by atoms with E-state index in [1.807, 2.05) is 0 Å². The summed E-state index contributed by atoms with van der Waals surface area (Å²) >= 11 is 0. The summed E-state index contributed by atoms with van der Waals surface area (Å²) in [6.45, 7) is 10.8. The summed E-state index contributed by atoms with van der Waals surface area (Å²) in [5.74, 6) is 1.69. The largest absolute Gasteiger partial charge is 0.344 e. The quantitative estimate of drug-likeness (QED) is 0.676. The summed E-state index contributed by atoms with van der Waals surface area (Å²) in [6.07, 6.45) is 0. The molecule has 0 radical (unpaired) electrons. The van der Waals surface area contributed by atoms with Gasteiger partial charge in [0.15, 0.2) is 0 Å². The van der Waals surface area contributed by atoms with E-state index < -0.39 is 0 Å². The number of nitrogens with zero attached hydrogens (tertiary/aromatic N) is 2. The maximum absolute atomic E-state index is 4.68. The molecule has 0 spiro atoms. The highest BCUT2D eigenvalue weighted by Crippen LogP contribution is 2.26. The topological polar surface area (TPSA) is 27.6 Å². The van der Waals surface area contributed by atoms with Crippen molar-refractivity contribution in [3.8, 4) is 0 Å². The molecule has 1 saturated heterocycles. The molecule has 2 heterocycles. The fraction of sp³-hybridized carbons (Fsp3) is 0.615. The first-order valence-corrected chi connectivity index (χ1v) is 5.90. The van der Waals surface area contributed by atoms with E-state index in [-0.39, 0.29) is 0 Å². The minimum atomic E-state index is 0.607. The molecule has 0 aromatic carbocycles. The van der Waals surface area contributed by atoms with E-state index in [2.05, 4.69) is 50.0 Å². The molecule has 2 rings (SSSR count). The second-order valence-electron chi connectivity index (χ2n) is 5.04. The highest BCUT2D eigenvalue weighted by atomic mass is 15.1. The highest BCUT2D eigenvalue weighted by molar-refractivity contribution is 5.99. The molecule has 0 amide bonds. The van der Waals surface area contributed by atoms with Crippen LogP contribution in [0.15, 0.2) is 27.7 Å². The molecule has 1 fully saturated rings. The summed E-state index contributed by atoms with van der Waals surface area (Å²) in [5, 5.41) is 3.43. The number of hydrogen-bond acceptors (Lipinski definition) is 3. The van der Waals surface area contributed by atoms with Crippen LogP contribution in [0.25, 0.3) is 0 Å². The Morgan fingerprint density at radius 2 is 2.00 bits per heavy atom. The van der Waals surface area contributed by atoms with Gasteiger partial charge < -0.3 is 10.2 Å². The van der Waals surface area contributed by atoms with Crippen molar-refractivity contribution >= 4 is 5.71 Å². The fourth-order valence-corrected chi connectivity index (χ4v) is 2.37. The fourth-order valence-electron chi connectivity index (χ4n) is 2.37. The van der Waals surface area contributed by atoms with Crippen LogP contribution in [-0.4, -0.2) is 30.7 Å². The molecule has 0 aromatic heterocycles. The number of allylic oxidation sites excluding steroid dienone is 2. The van der Waals surface area contributed by atoms with Crippen molar-refractivity contribution < 1.29 is 0 Å². The molecule has 88 valence electrons. The monoisotopic (exact) mass is 219 g/mol. The van der Waals surface area contributed by atoms with Gasteiger partial charge >= 0.3 is 0 Å². The molecule has 3 nitrogen and oxygen atoms in total. The van der Waals surface area contributed by atoms with Crippen LogP contribution in [0.3, 0.4) is 0 Å². The van der Waals surface area contributed by atoms with Crippen LogP contribution in [0.4, 0.5) is 0 Å². The Labute approximate surface area is 97.9 Å². The Bertz CT molecular complexity index is 401. The maximum atomic E-state index is 4.68. The zero-order chi connectivity index (χ0) is 11.9. The Balaban J connectivity index is 2.35. The highest BCUT2D eigenvalue weighted by Gasteiger charge is 2.25. The van der Waals surface area contributed by atoms with E-state index in [0.717, 1.165) is 24.6 Å². The predicted octanol–water partition coefficient (Wildman–Crippen LogP) is 2.14. The summed E-state index contributed by atoms with van der Waals surface area (Å²) < 4.78 is 0. The van der Waals surface area contributed by atoms with E-state index in [1.165, 1.54) is 16.8 Å². The van der Waals surface area contributed by atoms with E-state index in [0.29, 0.717) is 5.92 Å². The van der Waals surface area contributed by atoms with Gasteiger partial charge in [0.1, 0.15) is 5.82 Å². The molecular weight excluding hydrogens is 198 g/mol. The lowest BCUT2D eigenvalue weighted by Gasteiger charge is -2.20. The first-order valence-electron chi connectivity index (χ1n) is 5.90. The molecule has 2 aliphatic rings. The number of hydrogen-bond donors (Lipinski definition) is 1. The third kappa shape index (κ3) is 1.92. The van der Waals surface area contributed by atoms with Gasteiger partial charge in [0.25, 0.3) is 0 Å². The summed E-state index contributed by atoms with van der Waals surface area (Å²) in [5.41, 5.74) is 5.08. The van der Waals surface area contributed by atoms with E-state index in [9.17, 15) is 0 Å². The van der Waals surface area contributed by atoms with E-state index in [1.54, 1.807) is 0 Å². The maximum Gasteiger partial charge on any atom is 0.131 e. The zero-order valence-electron chi connectivity index (χ0n) is 10.9. The van der Waals surface area contributed by atoms with Crippen LogP contribution in [0.2, 0.25) is 0 Å². The third-order valence-electron chi connectivity index (χ3n) is 3.62. The van der Waals surface area contributed by atoms with Gasteiger partial charge in [-0.15, -0.1) is 0 Å². The number of nitrogens with one attached hydrogen (secondary N) is 1. The molecular formula is C13H21N3. The average molecular weight is 219 g/mol. The molecule has 1 atom stereocenters. The second-order valence-corrected chi connectivity index (χ2v) is 5.04. The standard InChI is InChI=1S/C13H21N3/c1-8-6-16(5)7-12(8)13-14-10(3)9(2)11(4)15-13/h8,14H,6-7H2,1-5H3/b13-12+. The van der Waals surface area contributed by atoms with Crippen LogP contribution in [0, 0.1) is 5.92 Å². The molecule has 16 heavy (non-hydrogen) atoms. The lowest BCUT2D eigenvalue weighted by molar-refractivity contribution is 0.402. The molecule has 2 aliphatic heterocycles. The molecule has 1 unspecified atom stereocenters. The van der Waals surface area contributed by atoms with Crippen LogP contribution >= 0.6 is 0 Å². The Kier molecular flexibility index (Phi) is 2.89. The van der Waals surface area contributed by atoms with E-state index in [4.69, 9.17) is 0 Å². The third-order valence-corrected chi connectivity index (χ3v) is 3.62. The van der Waals surface area contributed by atoms with Crippen LogP contribution in [-0.2, 0) is 0 Å². The van der Waals surface area contributed by atoms with Gasteiger partial charge in [-0.1, -0.05) is 6.92 Å². The van der Waals surface area contributed by atoms with Crippen molar-refractivity contribution in [2.45, 2.75) is 27.7 Å². The summed E-state index contributed by atoms with van der Waals surface area (Å²) in [4.78, 5) is 7.03.